The summed E-state index contributed by atoms with van der Waals surface area (Å²) in [5.74, 6) is -0.136. The number of carbonyl (C=O) groups excluding carboxylic acids is 2. The first-order valence-corrected chi connectivity index (χ1v) is 10.9. The Hall–Kier alpha value is -3.68. The molecule has 2 N–H and O–H groups in total. The summed E-state index contributed by atoms with van der Waals surface area (Å²) in [6.07, 6.45) is 3.44. The number of unbranched alkanes of at least 4 members (excludes halogenated alkanes) is 3. The average Bonchev–Trinajstić information content (AvgIpc) is 2.79. The second kappa shape index (κ2) is 9.21. The highest BCUT2D eigenvalue weighted by molar-refractivity contribution is 6.11. The number of hydrogen-bond acceptors (Lipinski definition) is 5. The van der Waals surface area contributed by atoms with Gasteiger partial charge in [0.25, 0.3) is 17.4 Å². The maximum atomic E-state index is 13.1. The number of ether oxygens (including phenoxy) is 1. The number of rotatable bonds is 7. The number of anilines is 2. The topological polar surface area (TPSA) is 102 Å². The van der Waals surface area contributed by atoms with Crippen LogP contribution in [0.1, 0.15) is 50.0 Å². The molecule has 32 heavy (non-hydrogen) atoms. The van der Waals surface area contributed by atoms with Crippen molar-refractivity contribution in [3.63, 3.8) is 0 Å². The lowest BCUT2D eigenvalue weighted by atomic mass is 10.1. The van der Waals surface area contributed by atoms with Crippen LogP contribution in [0, 0.1) is 0 Å². The molecule has 0 bridgehead atoms. The van der Waals surface area contributed by atoms with E-state index in [-0.39, 0.29) is 17.2 Å². The van der Waals surface area contributed by atoms with Crippen molar-refractivity contribution in [1.82, 2.24) is 9.78 Å². The predicted octanol–water partition coefficient (Wildman–Crippen LogP) is 3.95. The van der Waals surface area contributed by atoms with Crippen molar-refractivity contribution in [3.8, 4) is 5.75 Å². The number of carbonyl (C=O) groups is 2. The summed E-state index contributed by atoms with van der Waals surface area (Å²) in [5, 5.41) is 11.0. The summed E-state index contributed by atoms with van der Waals surface area (Å²) >= 11 is 0. The van der Waals surface area contributed by atoms with E-state index in [2.05, 4.69) is 22.7 Å². The molecule has 0 aliphatic carbocycles. The van der Waals surface area contributed by atoms with E-state index < -0.39 is 12.0 Å². The Labute approximate surface area is 185 Å². The second-order valence-electron chi connectivity index (χ2n) is 7.90. The molecule has 8 nitrogen and oxygen atoms in total. The van der Waals surface area contributed by atoms with Crippen LogP contribution in [0.3, 0.4) is 0 Å². The van der Waals surface area contributed by atoms with Gasteiger partial charge in [0.1, 0.15) is 5.75 Å². The van der Waals surface area contributed by atoms with Gasteiger partial charge in [-0.3, -0.25) is 14.4 Å². The minimum atomic E-state index is -0.572. The number of hydrogen-bond donors (Lipinski definition) is 2. The van der Waals surface area contributed by atoms with Gasteiger partial charge < -0.3 is 15.4 Å². The van der Waals surface area contributed by atoms with Crippen LogP contribution in [0.4, 0.5) is 11.4 Å². The molecule has 2 heterocycles. The Balaban J connectivity index is 1.63. The van der Waals surface area contributed by atoms with Gasteiger partial charge in [0.05, 0.1) is 11.1 Å². The SMILES string of the molecule is CCCCCCn1nc(C(=O)Nc2ccc3c(c2)NC(=O)[C@H](C)O3)c2ccccc2c1=O. The van der Waals surface area contributed by atoms with E-state index in [0.717, 1.165) is 25.7 Å². The van der Waals surface area contributed by atoms with Crippen molar-refractivity contribution in [2.75, 3.05) is 10.6 Å². The van der Waals surface area contributed by atoms with Crippen LogP contribution >= 0.6 is 0 Å². The summed E-state index contributed by atoms with van der Waals surface area (Å²) in [4.78, 5) is 37.9. The highest BCUT2D eigenvalue weighted by atomic mass is 16.5. The molecule has 0 radical (unpaired) electrons. The number of aromatic nitrogens is 2. The van der Waals surface area contributed by atoms with Crippen LogP contribution in [0.25, 0.3) is 10.8 Å². The first-order valence-electron chi connectivity index (χ1n) is 10.9. The summed E-state index contributed by atoms with van der Waals surface area (Å²) in [6, 6.07) is 12.0. The molecule has 0 saturated heterocycles. The van der Waals surface area contributed by atoms with E-state index in [4.69, 9.17) is 4.74 Å². The Bertz CT molecular complexity index is 1230. The number of benzene rings is 2. The van der Waals surface area contributed by atoms with Crippen LogP contribution in [-0.4, -0.2) is 27.7 Å². The molecule has 0 spiro atoms. The van der Waals surface area contributed by atoms with E-state index in [9.17, 15) is 14.4 Å². The molecule has 1 aliphatic heterocycles. The van der Waals surface area contributed by atoms with Gasteiger partial charge in [0.15, 0.2) is 11.8 Å². The molecule has 1 atom stereocenters. The summed E-state index contributed by atoms with van der Waals surface area (Å²) in [7, 11) is 0. The van der Waals surface area contributed by atoms with Gasteiger partial charge in [0, 0.05) is 17.6 Å². The number of nitrogens with one attached hydrogen (secondary N) is 2. The lowest BCUT2D eigenvalue weighted by Crippen LogP contribution is -2.34. The van der Waals surface area contributed by atoms with Crippen molar-refractivity contribution in [2.45, 2.75) is 52.2 Å². The van der Waals surface area contributed by atoms with Crippen molar-refractivity contribution < 1.29 is 14.3 Å². The van der Waals surface area contributed by atoms with Gasteiger partial charge in [-0.15, -0.1) is 0 Å². The third-order valence-electron chi connectivity index (χ3n) is 5.47. The Morgan fingerprint density at radius 2 is 1.91 bits per heavy atom. The number of amides is 2. The number of nitrogens with zero attached hydrogens (tertiary/aromatic N) is 2. The Kier molecular flexibility index (Phi) is 6.20. The standard InChI is InChI=1S/C24H26N4O4/c1-3-4-5-8-13-28-24(31)18-10-7-6-9-17(18)21(27-28)23(30)25-16-11-12-20-19(14-16)26-22(29)15(2)32-20/h6-7,9-12,14-15H,3-5,8,13H2,1-2H3,(H,25,30)(H,26,29)/t15-/m0/s1. The van der Waals surface area contributed by atoms with Gasteiger partial charge >= 0.3 is 0 Å². The van der Waals surface area contributed by atoms with Crippen molar-refractivity contribution in [2.24, 2.45) is 0 Å². The largest absolute Gasteiger partial charge is 0.479 e. The van der Waals surface area contributed by atoms with Gasteiger partial charge in [-0.25, -0.2) is 4.68 Å². The zero-order chi connectivity index (χ0) is 22.7. The fraction of sp³-hybridized carbons (Fsp3) is 0.333. The molecule has 3 aromatic rings. The predicted molar refractivity (Wildman–Crippen MR) is 123 cm³/mol. The van der Waals surface area contributed by atoms with E-state index in [1.165, 1.54) is 4.68 Å². The van der Waals surface area contributed by atoms with Crippen molar-refractivity contribution >= 4 is 34.0 Å². The van der Waals surface area contributed by atoms with Gasteiger partial charge in [-0.2, -0.15) is 5.10 Å². The smallest absolute Gasteiger partial charge is 0.276 e. The summed E-state index contributed by atoms with van der Waals surface area (Å²) in [6.45, 7) is 4.26. The van der Waals surface area contributed by atoms with E-state index in [1.807, 2.05) is 0 Å². The average molecular weight is 434 g/mol. The maximum Gasteiger partial charge on any atom is 0.276 e. The summed E-state index contributed by atoms with van der Waals surface area (Å²) in [5.41, 5.74) is 0.960. The number of aryl methyl sites for hydroxylation is 1. The fourth-order valence-electron chi connectivity index (χ4n) is 3.72. The minimum absolute atomic E-state index is 0.183. The third kappa shape index (κ3) is 4.34. The van der Waals surface area contributed by atoms with E-state index >= 15 is 0 Å². The lowest BCUT2D eigenvalue weighted by Gasteiger charge is -2.23. The molecule has 0 saturated carbocycles. The molecule has 0 unspecified atom stereocenters. The molecule has 2 aromatic carbocycles. The zero-order valence-electron chi connectivity index (χ0n) is 18.2. The first-order chi connectivity index (χ1) is 15.5. The molecule has 0 fully saturated rings. The molecule has 166 valence electrons. The lowest BCUT2D eigenvalue weighted by molar-refractivity contribution is -0.122. The Morgan fingerprint density at radius 3 is 2.69 bits per heavy atom. The van der Waals surface area contributed by atoms with Crippen LogP contribution in [0.2, 0.25) is 0 Å². The maximum absolute atomic E-state index is 13.1. The van der Waals surface area contributed by atoms with Gasteiger partial charge in [0.2, 0.25) is 0 Å². The normalized spacial score (nSPS) is 15.1. The monoisotopic (exact) mass is 434 g/mol. The van der Waals surface area contributed by atoms with Crippen molar-refractivity contribution in [1.29, 1.82) is 0 Å². The van der Waals surface area contributed by atoms with Gasteiger partial charge in [-0.05, 0) is 37.6 Å². The highest BCUT2D eigenvalue weighted by Gasteiger charge is 2.24. The molecule has 8 heteroatoms. The van der Waals surface area contributed by atoms with Crippen LogP contribution in [0.15, 0.2) is 47.3 Å². The van der Waals surface area contributed by atoms with Crippen LogP contribution in [0.5, 0.6) is 5.75 Å². The highest BCUT2D eigenvalue weighted by Crippen LogP contribution is 2.32. The van der Waals surface area contributed by atoms with Crippen LogP contribution in [-0.2, 0) is 11.3 Å². The van der Waals surface area contributed by atoms with E-state index in [0.29, 0.717) is 34.4 Å². The Morgan fingerprint density at radius 1 is 1.12 bits per heavy atom. The van der Waals surface area contributed by atoms with Crippen molar-refractivity contribution in [3.05, 3.63) is 58.5 Å². The molecule has 4 rings (SSSR count). The third-order valence-corrected chi connectivity index (χ3v) is 5.47. The molecule has 2 amide bonds. The quantitative estimate of drug-likeness (QED) is 0.548. The molecular weight excluding hydrogens is 408 g/mol. The minimum Gasteiger partial charge on any atom is -0.479 e. The molecule has 1 aromatic heterocycles. The molecular formula is C24H26N4O4. The second-order valence-corrected chi connectivity index (χ2v) is 7.90. The first kappa shape index (κ1) is 21.5. The zero-order valence-corrected chi connectivity index (χ0v) is 18.2. The molecule has 1 aliphatic rings. The fourth-order valence-corrected chi connectivity index (χ4v) is 3.72. The number of fused-ring (bicyclic) bond motifs is 2. The van der Waals surface area contributed by atoms with Gasteiger partial charge in [-0.1, -0.05) is 44.4 Å². The van der Waals surface area contributed by atoms with Crippen LogP contribution < -0.4 is 20.9 Å². The van der Waals surface area contributed by atoms with E-state index in [1.54, 1.807) is 49.4 Å². The summed E-state index contributed by atoms with van der Waals surface area (Å²) < 4.78 is 6.94.